The summed E-state index contributed by atoms with van der Waals surface area (Å²) in [4.78, 5) is 0. The maximum Gasteiger partial charge on any atom is 0.135 e. The summed E-state index contributed by atoms with van der Waals surface area (Å²) < 4.78 is 13.1. The summed E-state index contributed by atoms with van der Waals surface area (Å²) in [6.45, 7) is 5.08. The molecule has 5 heteroatoms. The van der Waals surface area contributed by atoms with Crippen LogP contribution in [0.1, 0.15) is 25.6 Å². The van der Waals surface area contributed by atoms with Crippen molar-refractivity contribution in [2.24, 2.45) is 0 Å². The smallest absolute Gasteiger partial charge is 0.135 e. The zero-order valence-corrected chi connectivity index (χ0v) is 14.8. The molecule has 1 unspecified atom stereocenters. The van der Waals surface area contributed by atoms with Gasteiger partial charge in [-0.3, -0.25) is 0 Å². The van der Waals surface area contributed by atoms with E-state index in [0.29, 0.717) is 0 Å². The predicted molar refractivity (Wildman–Crippen MR) is 88.2 cm³/mol. The van der Waals surface area contributed by atoms with Crippen LogP contribution >= 0.6 is 31.9 Å². The van der Waals surface area contributed by atoms with Gasteiger partial charge in [-0.15, -0.1) is 0 Å². The molecule has 1 aromatic heterocycles. The molecular formula is C15H17Br2NO2. The molecule has 0 spiro atoms. The summed E-state index contributed by atoms with van der Waals surface area (Å²) in [6.07, 6.45) is 0. The molecule has 0 saturated heterocycles. The Bertz CT molecular complexity index is 596. The molecule has 0 bridgehead atoms. The molecule has 0 radical (unpaired) electrons. The molecule has 0 amide bonds. The van der Waals surface area contributed by atoms with E-state index in [-0.39, 0.29) is 6.04 Å². The van der Waals surface area contributed by atoms with Gasteiger partial charge in [0.25, 0.3) is 0 Å². The van der Waals surface area contributed by atoms with Gasteiger partial charge in [0.15, 0.2) is 0 Å². The number of ether oxygens (including phenoxy) is 1. The van der Waals surface area contributed by atoms with Gasteiger partial charge in [-0.2, -0.15) is 0 Å². The van der Waals surface area contributed by atoms with Crippen molar-refractivity contribution in [3.63, 3.8) is 0 Å². The highest BCUT2D eigenvalue weighted by Crippen LogP contribution is 2.38. The fourth-order valence-corrected chi connectivity index (χ4v) is 3.36. The van der Waals surface area contributed by atoms with Crippen LogP contribution in [0, 0.1) is 0 Å². The molecule has 108 valence electrons. The molecule has 1 heterocycles. The number of nitrogens with one attached hydrogen (secondary N) is 1. The molecule has 0 aliphatic rings. The van der Waals surface area contributed by atoms with Crippen molar-refractivity contribution in [1.82, 2.24) is 5.32 Å². The fourth-order valence-electron chi connectivity index (χ4n) is 2.01. The summed E-state index contributed by atoms with van der Waals surface area (Å²) >= 11 is 7.03. The van der Waals surface area contributed by atoms with E-state index >= 15 is 0 Å². The van der Waals surface area contributed by atoms with Gasteiger partial charge in [-0.25, -0.2) is 0 Å². The molecule has 1 aromatic carbocycles. The quantitative estimate of drug-likeness (QED) is 0.750. The molecule has 0 aliphatic heterocycles. The van der Waals surface area contributed by atoms with Crippen molar-refractivity contribution in [2.45, 2.75) is 19.9 Å². The van der Waals surface area contributed by atoms with Crippen LogP contribution in [-0.2, 0) is 0 Å². The zero-order valence-electron chi connectivity index (χ0n) is 11.7. The first-order valence-corrected chi connectivity index (χ1v) is 8.02. The first-order chi connectivity index (χ1) is 9.56. The van der Waals surface area contributed by atoms with Gasteiger partial charge in [0, 0.05) is 10.0 Å². The van der Waals surface area contributed by atoms with E-state index in [1.54, 1.807) is 7.11 Å². The van der Waals surface area contributed by atoms with Crippen molar-refractivity contribution in [1.29, 1.82) is 0 Å². The third-order valence-corrected chi connectivity index (χ3v) is 4.35. The number of rotatable bonds is 5. The lowest BCUT2D eigenvalue weighted by atomic mass is 10.1. The minimum Gasteiger partial charge on any atom is -0.496 e. The first kappa shape index (κ1) is 15.6. The molecule has 0 aliphatic carbocycles. The van der Waals surface area contributed by atoms with E-state index < -0.39 is 0 Å². The van der Waals surface area contributed by atoms with Crippen LogP contribution in [0.5, 0.6) is 5.75 Å². The number of benzene rings is 1. The molecule has 0 saturated carbocycles. The average Bonchev–Trinajstić information content (AvgIpc) is 2.89. The summed E-state index contributed by atoms with van der Waals surface area (Å²) in [7, 11) is 1.65. The van der Waals surface area contributed by atoms with E-state index in [1.165, 1.54) is 0 Å². The molecule has 2 rings (SSSR count). The second kappa shape index (κ2) is 6.78. The van der Waals surface area contributed by atoms with Crippen LogP contribution in [0.25, 0.3) is 11.3 Å². The lowest BCUT2D eigenvalue weighted by Crippen LogP contribution is -2.16. The predicted octanol–water partition coefficient (Wildman–Crippen LogP) is 5.15. The van der Waals surface area contributed by atoms with Crippen molar-refractivity contribution in [2.75, 3.05) is 13.7 Å². The molecule has 1 N–H and O–H groups in total. The maximum atomic E-state index is 5.94. The Morgan fingerprint density at radius 1 is 1.25 bits per heavy atom. The maximum absolute atomic E-state index is 5.94. The van der Waals surface area contributed by atoms with Crippen molar-refractivity contribution in [3.05, 3.63) is 39.0 Å². The average molecular weight is 403 g/mol. The van der Waals surface area contributed by atoms with Crippen LogP contribution in [-0.4, -0.2) is 13.7 Å². The highest BCUT2D eigenvalue weighted by atomic mass is 79.9. The number of methoxy groups -OCH3 is 1. The summed E-state index contributed by atoms with van der Waals surface area (Å²) in [5.74, 6) is 2.53. The Labute approximate surface area is 136 Å². The van der Waals surface area contributed by atoms with Crippen molar-refractivity contribution < 1.29 is 9.15 Å². The van der Waals surface area contributed by atoms with Crippen molar-refractivity contribution in [3.8, 4) is 17.1 Å². The Kier molecular flexibility index (Phi) is 5.29. The van der Waals surface area contributed by atoms with Gasteiger partial charge in [0.1, 0.15) is 17.3 Å². The second-order valence-electron chi connectivity index (χ2n) is 4.45. The summed E-state index contributed by atoms with van der Waals surface area (Å²) in [5, 5.41) is 3.34. The van der Waals surface area contributed by atoms with Crippen LogP contribution in [0.3, 0.4) is 0 Å². The van der Waals surface area contributed by atoms with E-state index in [2.05, 4.69) is 51.0 Å². The van der Waals surface area contributed by atoms with Crippen molar-refractivity contribution >= 4 is 31.9 Å². The Balaban J connectivity index is 2.37. The summed E-state index contributed by atoms with van der Waals surface area (Å²) in [5.41, 5.74) is 0.972. The Morgan fingerprint density at radius 2 is 2.00 bits per heavy atom. The van der Waals surface area contributed by atoms with Crippen LogP contribution in [0.4, 0.5) is 0 Å². The van der Waals surface area contributed by atoms with Gasteiger partial charge in [0.05, 0.1) is 17.6 Å². The van der Waals surface area contributed by atoms with Gasteiger partial charge in [0.2, 0.25) is 0 Å². The van der Waals surface area contributed by atoms with E-state index in [0.717, 1.165) is 38.3 Å². The number of hydrogen-bond acceptors (Lipinski definition) is 3. The van der Waals surface area contributed by atoms with Gasteiger partial charge in [-0.1, -0.05) is 6.92 Å². The second-order valence-corrected chi connectivity index (χ2v) is 6.16. The third kappa shape index (κ3) is 3.27. The molecule has 3 nitrogen and oxygen atoms in total. The molecular weight excluding hydrogens is 386 g/mol. The monoisotopic (exact) mass is 401 g/mol. The molecule has 20 heavy (non-hydrogen) atoms. The molecule has 0 fully saturated rings. The third-order valence-electron chi connectivity index (χ3n) is 3.07. The number of halogens is 2. The van der Waals surface area contributed by atoms with E-state index in [9.17, 15) is 0 Å². The molecule has 2 aromatic rings. The topological polar surface area (TPSA) is 34.4 Å². The van der Waals surface area contributed by atoms with Crippen LogP contribution in [0.2, 0.25) is 0 Å². The zero-order chi connectivity index (χ0) is 14.7. The normalized spacial score (nSPS) is 12.4. The van der Waals surface area contributed by atoms with Gasteiger partial charge in [-0.05, 0) is 69.6 Å². The largest absolute Gasteiger partial charge is 0.496 e. The Morgan fingerprint density at radius 3 is 2.65 bits per heavy atom. The number of furan rings is 1. The van der Waals surface area contributed by atoms with Crippen LogP contribution in [0.15, 0.2) is 37.6 Å². The molecule has 1 atom stereocenters. The summed E-state index contributed by atoms with van der Waals surface area (Å²) in [6, 6.07) is 8.10. The Hall–Kier alpha value is -0.780. The first-order valence-electron chi connectivity index (χ1n) is 6.43. The standard InChI is InChI=1S/C15H17Br2NO2/c1-4-18-9(2)13-5-6-14(20-13)10-7-15(19-3)12(17)8-11(10)16/h5-9,18H,4H2,1-3H3. The fraction of sp³-hybridized carbons (Fsp3) is 0.333. The lowest BCUT2D eigenvalue weighted by molar-refractivity contribution is 0.411. The minimum absolute atomic E-state index is 0.199. The minimum atomic E-state index is 0.199. The lowest BCUT2D eigenvalue weighted by Gasteiger charge is -2.10. The SMILES string of the molecule is CCNC(C)c1ccc(-c2cc(OC)c(Br)cc2Br)o1. The number of hydrogen-bond donors (Lipinski definition) is 1. The van der Waals surface area contributed by atoms with Crippen LogP contribution < -0.4 is 10.1 Å². The highest BCUT2D eigenvalue weighted by molar-refractivity contribution is 9.11. The van der Waals surface area contributed by atoms with E-state index in [1.807, 2.05) is 24.3 Å². The van der Waals surface area contributed by atoms with Gasteiger partial charge >= 0.3 is 0 Å². The highest BCUT2D eigenvalue weighted by Gasteiger charge is 2.14. The van der Waals surface area contributed by atoms with E-state index in [4.69, 9.17) is 9.15 Å². The van der Waals surface area contributed by atoms with Gasteiger partial charge < -0.3 is 14.5 Å².